The van der Waals surface area contributed by atoms with Gasteiger partial charge in [0.25, 0.3) is 13.6 Å². The van der Waals surface area contributed by atoms with Crippen LogP contribution in [-0.4, -0.2) is 30.7 Å². The fourth-order valence-corrected chi connectivity index (χ4v) is 2.88. The predicted molar refractivity (Wildman–Crippen MR) is 75.5 cm³/mol. The normalized spacial score (nSPS) is 14.6. The van der Waals surface area contributed by atoms with Crippen molar-refractivity contribution in [2.75, 3.05) is 6.61 Å². The zero-order valence-electron chi connectivity index (χ0n) is 10.9. The number of thiophene rings is 1. The lowest BCUT2D eigenvalue weighted by molar-refractivity contribution is -0.0252. The third-order valence-electron chi connectivity index (χ3n) is 2.93. The highest BCUT2D eigenvalue weighted by atomic mass is 32.1. The fourth-order valence-electron chi connectivity index (χ4n) is 1.89. The zero-order valence-corrected chi connectivity index (χ0v) is 11.7. The highest BCUT2D eigenvalue weighted by Crippen LogP contribution is 2.30. The molecule has 2 aromatic heterocycles. The van der Waals surface area contributed by atoms with Gasteiger partial charge in [-0.1, -0.05) is 6.92 Å². The minimum absolute atomic E-state index is 0.0702. The molecule has 2 unspecified atom stereocenters. The molecular weight excluding hydrogens is 263 g/mol. The van der Waals surface area contributed by atoms with E-state index < -0.39 is 0 Å². The molecule has 1 N–H and O–H groups in total. The van der Waals surface area contributed by atoms with Gasteiger partial charge in [-0.25, -0.2) is 4.98 Å². The predicted octanol–water partition coefficient (Wildman–Crippen LogP) is 1.94. The number of hydrogen-bond acceptors (Lipinski definition) is 5. The average Bonchev–Trinajstić information content (AvgIpc) is 2.83. The summed E-state index contributed by atoms with van der Waals surface area (Å²) in [7, 11) is 5.07. The van der Waals surface area contributed by atoms with Crippen LogP contribution >= 0.6 is 11.3 Å². The van der Waals surface area contributed by atoms with Crippen molar-refractivity contribution in [3.8, 4) is 0 Å². The summed E-state index contributed by atoms with van der Waals surface area (Å²) in [6.07, 6.45) is 1.99. The topological polar surface area (TPSA) is 64.2 Å². The Kier molecular flexibility index (Phi) is 4.73. The summed E-state index contributed by atoms with van der Waals surface area (Å²) in [6, 6.07) is 0. The van der Waals surface area contributed by atoms with Gasteiger partial charge in [0, 0.05) is 5.38 Å². The van der Waals surface area contributed by atoms with Crippen LogP contribution in [0.1, 0.15) is 31.2 Å². The first-order chi connectivity index (χ1) is 9.17. The molecule has 0 aliphatic carbocycles. The monoisotopic (exact) mass is 278 g/mol. The largest absolute Gasteiger partial charge is 0.445 e. The van der Waals surface area contributed by atoms with E-state index >= 15 is 0 Å². The van der Waals surface area contributed by atoms with Crippen molar-refractivity contribution in [1.82, 2.24) is 9.97 Å². The molecule has 0 spiro atoms. The summed E-state index contributed by atoms with van der Waals surface area (Å²) in [6.45, 7) is 4.29. The number of fused-ring (bicyclic) bond motifs is 1. The Bertz CT molecular complexity index is 598. The highest BCUT2D eigenvalue weighted by Gasteiger charge is 2.18. The number of ether oxygens (including phenoxy) is 1. The summed E-state index contributed by atoms with van der Waals surface area (Å²) in [5, 5.41) is 2.40. The maximum absolute atomic E-state index is 11.6. The standard InChI is InChI=1S/C12H15BN2O3S/c1-3-8(4-17-13)18-7(2)11-10-9(5-19-11)12(16)15-6-14-10/h5-8H,3-4H2,1-2H3,(H,14,15,16). The van der Waals surface area contributed by atoms with Gasteiger partial charge < -0.3 is 14.4 Å². The molecular formula is C12H15BN2O3S. The molecule has 7 heteroatoms. The Morgan fingerprint density at radius 2 is 2.37 bits per heavy atom. The Morgan fingerprint density at radius 3 is 3.05 bits per heavy atom. The first kappa shape index (κ1) is 14.2. The molecule has 2 atom stereocenters. The molecule has 0 saturated heterocycles. The molecule has 5 nitrogen and oxygen atoms in total. The summed E-state index contributed by atoms with van der Waals surface area (Å²) >= 11 is 1.48. The number of aromatic nitrogens is 2. The van der Waals surface area contributed by atoms with Crippen molar-refractivity contribution < 1.29 is 9.39 Å². The van der Waals surface area contributed by atoms with Gasteiger partial charge >= 0.3 is 0 Å². The molecule has 2 radical (unpaired) electrons. The summed E-state index contributed by atoms with van der Waals surface area (Å²) in [5.74, 6) is 0. The molecule has 0 amide bonds. The van der Waals surface area contributed by atoms with Crippen molar-refractivity contribution in [1.29, 1.82) is 0 Å². The first-order valence-corrected chi connectivity index (χ1v) is 6.97. The van der Waals surface area contributed by atoms with Crippen LogP contribution in [0.25, 0.3) is 10.9 Å². The lowest BCUT2D eigenvalue weighted by atomic mass is 10.2. The lowest BCUT2D eigenvalue weighted by Crippen LogP contribution is -2.20. The van der Waals surface area contributed by atoms with Crippen molar-refractivity contribution in [3.05, 3.63) is 26.9 Å². The molecule has 0 fully saturated rings. The molecule has 0 saturated carbocycles. The Hall–Kier alpha value is -1.18. The van der Waals surface area contributed by atoms with Crippen molar-refractivity contribution in [3.63, 3.8) is 0 Å². The van der Waals surface area contributed by atoms with E-state index in [-0.39, 0.29) is 17.8 Å². The number of hydrogen-bond donors (Lipinski definition) is 1. The SMILES string of the molecule is [B]OCC(CC)OC(C)c1scc2c(=O)[nH]cnc12. The van der Waals surface area contributed by atoms with Gasteiger partial charge in [0.1, 0.15) is 0 Å². The van der Waals surface area contributed by atoms with Gasteiger partial charge in [-0.3, -0.25) is 4.79 Å². The highest BCUT2D eigenvalue weighted by molar-refractivity contribution is 7.11. The van der Waals surface area contributed by atoms with Crippen molar-refractivity contribution >= 4 is 30.3 Å². The second kappa shape index (κ2) is 6.32. The van der Waals surface area contributed by atoms with Crippen LogP contribution < -0.4 is 5.56 Å². The Balaban J connectivity index is 2.24. The molecule has 0 bridgehead atoms. The second-order valence-corrected chi connectivity index (χ2v) is 5.15. The molecule has 19 heavy (non-hydrogen) atoms. The van der Waals surface area contributed by atoms with Gasteiger partial charge in [-0.15, -0.1) is 11.3 Å². The summed E-state index contributed by atoms with van der Waals surface area (Å²) in [4.78, 5) is 19.4. The number of aromatic amines is 1. The molecule has 2 heterocycles. The Labute approximate surface area is 116 Å². The van der Waals surface area contributed by atoms with Crippen LogP contribution in [0, 0.1) is 0 Å². The lowest BCUT2D eigenvalue weighted by Gasteiger charge is -2.20. The van der Waals surface area contributed by atoms with Crippen LogP contribution in [0.3, 0.4) is 0 Å². The fraction of sp³-hybridized carbons (Fsp3) is 0.500. The van der Waals surface area contributed by atoms with E-state index in [0.29, 0.717) is 17.5 Å². The number of nitrogens with zero attached hydrogens (tertiary/aromatic N) is 1. The summed E-state index contributed by atoms with van der Waals surface area (Å²) < 4.78 is 10.5. The van der Waals surface area contributed by atoms with Crippen LogP contribution in [0.2, 0.25) is 0 Å². The van der Waals surface area contributed by atoms with E-state index in [2.05, 4.69) is 14.6 Å². The second-order valence-electron chi connectivity index (χ2n) is 4.24. The molecule has 100 valence electrons. The van der Waals surface area contributed by atoms with E-state index in [4.69, 9.17) is 12.8 Å². The van der Waals surface area contributed by atoms with Gasteiger partial charge in [0.05, 0.1) is 40.9 Å². The van der Waals surface area contributed by atoms with E-state index in [9.17, 15) is 4.79 Å². The molecule has 0 aliphatic rings. The maximum Gasteiger partial charge on any atom is 0.282 e. The molecule has 2 aromatic rings. The molecule has 0 aliphatic heterocycles. The Morgan fingerprint density at radius 1 is 1.58 bits per heavy atom. The van der Waals surface area contributed by atoms with Crippen LogP contribution in [0.4, 0.5) is 0 Å². The minimum Gasteiger partial charge on any atom is -0.445 e. The maximum atomic E-state index is 11.6. The van der Waals surface area contributed by atoms with Crippen LogP contribution in [-0.2, 0) is 9.39 Å². The molecule has 2 rings (SSSR count). The van der Waals surface area contributed by atoms with Crippen molar-refractivity contribution in [2.45, 2.75) is 32.5 Å². The third-order valence-corrected chi connectivity index (χ3v) is 4.06. The zero-order chi connectivity index (χ0) is 13.8. The van der Waals surface area contributed by atoms with Gasteiger partial charge in [0.2, 0.25) is 0 Å². The average molecular weight is 278 g/mol. The van der Waals surface area contributed by atoms with Gasteiger partial charge in [0.15, 0.2) is 0 Å². The van der Waals surface area contributed by atoms with E-state index in [1.807, 2.05) is 13.8 Å². The number of nitrogens with one attached hydrogen (secondary N) is 1. The van der Waals surface area contributed by atoms with E-state index in [1.165, 1.54) is 17.7 Å². The van der Waals surface area contributed by atoms with Crippen LogP contribution in [0.15, 0.2) is 16.5 Å². The summed E-state index contributed by atoms with van der Waals surface area (Å²) in [5.41, 5.74) is 0.571. The first-order valence-electron chi connectivity index (χ1n) is 6.09. The van der Waals surface area contributed by atoms with E-state index in [0.717, 1.165) is 11.3 Å². The van der Waals surface area contributed by atoms with E-state index in [1.54, 1.807) is 5.38 Å². The number of H-pyrrole nitrogens is 1. The number of rotatable bonds is 6. The van der Waals surface area contributed by atoms with Crippen molar-refractivity contribution in [2.24, 2.45) is 0 Å². The third kappa shape index (κ3) is 3.05. The minimum atomic E-state index is -0.156. The van der Waals surface area contributed by atoms with Crippen LogP contribution in [0.5, 0.6) is 0 Å². The smallest absolute Gasteiger partial charge is 0.282 e. The quantitative estimate of drug-likeness (QED) is 0.820. The van der Waals surface area contributed by atoms with Gasteiger partial charge in [-0.05, 0) is 13.3 Å². The molecule has 0 aromatic carbocycles. The van der Waals surface area contributed by atoms with Gasteiger partial charge in [-0.2, -0.15) is 0 Å².